The summed E-state index contributed by atoms with van der Waals surface area (Å²) in [5.41, 5.74) is 0.380. The van der Waals surface area contributed by atoms with Crippen molar-refractivity contribution in [3.63, 3.8) is 0 Å². The van der Waals surface area contributed by atoms with Crippen LogP contribution in [0.5, 0.6) is 0 Å². The average molecular weight is 298 g/mol. The molecule has 6 heteroatoms. The van der Waals surface area contributed by atoms with Crippen molar-refractivity contribution in [2.75, 3.05) is 32.8 Å². The number of ether oxygens (including phenoxy) is 1. The SMILES string of the molecule is CCC1(CC)CCN(C(=O)N2CCOC(C(=O)O)C2)CC1. The normalized spacial score (nSPS) is 25.7. The second-order valence-electron chi connectivity index (χ2n) is 6.12. The van der Waals surface area contributed by atoms with Gasteiger partial charge in [-0.3, -0.25) is 0 Å². The van der Waals surface area contributed by atoms with Crippen molar-refractivity contribution < 1.29 is 19.4 Å². The number of piperidine rings is 1. The Labute approximate surface area is 126 Å². The van der Waals surface area contributed by atoms with Crippen molar-refractivity contribution in [3.05, 3.63) is 0 Å². The first kappa shape index (κ1) is 16.1. The molecule has 1 unspecified atom stereocenters. The smallest absolute Gasteiger partial charge is 0.334 e. The van der Waals surface area contributed by atoms with E-state index in [1.165, 1.54) is 0 Å². The number of nitrogens with zero attached hydrogens (tertiary/aromatic N) is 2. The third-order valence-corrected chi connectivity index (χ3v) is 5.21. The van der Waals surface area contributed by atoms with Gasteiger partial charge in [-0.1, -0.05) is 26.7 Å². The van der Waals surface area contributed by atoms with Crippen molar-refractivity contribution >= 4 is 12.0 Å². The fourth-order valence-corrected chi connectivity index (χ4v) is 3.30. The molecule has 0 aromatic carbocycles. The van der Waals surface area contributed by atoms with Crippen molar-refractivity contribution in [1.29, 1.82) is 0 Å². The van der Waals surface area contributed by atoms with E-state index in [2.05, 4.69) is 13.8 Å². The van der Waals surface area contributed by atoms with Gasteiger partial charge in [0.1, 0.15) is 0 Å². The number of rotatable bonds is 3. The van der Waals surface area contributed by atoms with Crippen molar-refractivity contribution in [2.45, 2.75) is 45.6 Å². The fourth-order valence-electron chi connectivity index (χ4n) is 3.30. The van der Waals surface area contributed by atoms with Crippen LogP contribution in [0.2, 0.25) is 0 Å². The van der Waals surface area contributed by atoms with Crippen LogP contribution in [0.3, 0.4) is 0 Å². The van der Waals surface area contributed by atoms with Gasteiger partial charge >= 0.3 is 12.0 Å². The van der Waals surface area contributed by atoms with Gasteiger partial charge in [-0.25, -0.2) is 9.59 Å². The van der Waals surface area contributed by atoms with Gasteiger partial charge in [0.15, 0.2) is 6.10 Å². The van der Waals surface area contributed by atoms with Crippen molar-refractivity contribution in [2.24, 2.45) is 5.41 Å². The lowest BCUT2D eigenvalue weighted by molar-refractivity contribution is -0.154. The molecule has 2 fully saturated rings. The van der Waals surface area contributed by atoms with Crippen LogP contribution in [-0.2, 0) is 9.53 Å². The topological polar surface area (TPSA) is 70.1 Å². The first-order valence-corrected chi connectivity index (χ1v) is 7.89. The lowest BCUT2D eigenvalue weighted by atomic mass is 9.74. The van der Waals surface area contributed by atoms with Crippen LogP contribution < -0.4 is 0 Å². The number of aliphatic carboxylic acids is 1. The molecule has 2 saturated heterocycles. The van der Waals surface area contributed by atoms with Gasteiger partial charge in [0.05, 0.1) is 13.2 Å². The van der Waals surface area contributed by atoms with Gasteiger partial charge in [0.2, 0.25) is 0 Å². The predicted molar refractivity (Wildman–Crippen MR) is 78.2 cm³/mol. The molecule has 6 nitrogen and oxygen atoms in total. The number of carbonyl (C=O) groups excluding carboxylic acids is 1. The first-order valence-electron chi connectivity index (χ1n) is 7.89. The van der Waals surface area contributed by atoms with E-state index in [0.29, 0.717) is 18.6 Å². The number of hydrogen-bond acceptors (Lipinski definition) is 3. The molecule has 21 heavy (non-hydrogen) atoms. The summed E-state index contributed by atoms with van der Waals surface area (Å²) in [6.45, 7) is 6.92. The highest BCUT2D eigenvalue weighted by Gasteiger charge is 2.36. The number of hydrogen-bond donors (Lipinski definition) is 1. The summed E-state index contributed by atoms with van der Waals surface area (Å²) in [6.07, 6.45) is 3.50. The number of morpholine rings is 1. The third-order valence-electron chi connectivity index (χ3n) is 5.21. The minimum atomic E-state index is -0.998. The number of urea groups is 1. The molecule has 0 aliphatic carbocycles. The molecule has 0 saturated carbocycles. The minimum Gasteiger partial charge on any atom is -0.479 e. The standard InChI is InChI=1S/C15H26N2O4/c1-3-15(4-2)5-7-16(8-6-15)14(20)17-9-10-21-12(11-17)13(18)19/h12H,3-11H2,1-2H3,(H,18,19). The number of likely N-dealkylation sites (tertiary alicyclic amines) is 1. The van der Waals surface area contributed by atoms with Crippen LogP contribution in [0.1, 0.15) is 39.5 Å². The minimum absolute atomic E-state index is 0.0367. The maximum Gasteiger partial charge on any atom is 0.334 e. The van der Waals surface area contributed by atoms with Crippen LogP contribution in [0.25, 0.3) is 0 Å². The Kier molecular flexibility index (Phi) is 5.08. The number of amides is 2. The summed E-state index contributed by atoms with van der Waals surface area (Å²) in [7, 11) is 0. The largest absolute Gasteiger partial charge is 0.479 e. The van der Waals surface area contributed by atoms with E-state index in [9.17, 15) is 9.59 Å². The molecule has 0 aromatic heterocycles. The molecule has 2 rings (SSSR count). The highest BCUT2D eigenvalue weighted by Crippen LogP contribution is 2.38. The van der Waals surface area contributed by atoms with E-state index >= 15 is 0 Å². The zero-order valence-corrected chi connectivity index (χ0v) is 13.0. The average Bonchev–Trinajstić information content (AvgIpc) is 2.54. The molecule has 0 bridgehead atoms. The quantitative estimate of drug-likeness (QED) is 0.862. The zero-order valence-electron chi connectivity index (χ0n) is 13.0. The maximum atomic E-state index is 12.5. The number of carboxylic acids is 1. The number of carboxylic acid groups (broad SMARTS) is 1. The van der Waals surface area contributed by atoms with E-state index < -0.39 is 12.1 Å². The van der Waals surface area contributed by atoms with Crippen LogP contribution in [0, 0.1) is 5.41 Å². The summed E-state index contributed by atoms with van der Waals surface area (Å²) in [5.74, 6) is -0.998. The maximum absolute atomic E-state index is 12.5. The summed E-state index contributed by atoms with van der Waals surface area (Å²) in [6, 6.07) is -0.0367. The van der Waals surface area contributed by atoms with Crippen LogP contribution in [-0.4, -0.2) is 65.8 Å². The molecule has 1 atom stereocenters. The molecule has 120 valence electrons. The summed E-state index contributed by atoms with van der Waals surface area (Å²) >= 11 is 0. The molecule has 0 spiro atoms. The second kappa shape index (κ2) is 6.64. The molecule has 2 aliphatic heterocycles. The third kappa shape index (κ3) is 3.48. The lowest BCUT2D eigenvalue weighted by Crippen LogP contribution is -2.54. The second-order valence-corrected chi connectivity index (χ2v) is 6.12. The Balaban J connectivity index is 1.91. The van der Waals surface area contributed by atoms with Crippen molar-refractivity contribution in [3.8, 4) is 0 Å². The molecular weight excluding hydrogens is 272 g/mol. The summed E-state index contributed by atoms with van der Waals surface area (Å²) in [4.78, 5) is 27.0. The van der Waals surface area contributed by atoms with E-state index in [-0.39, 0.29) is 12.6 Å². The van der Waals surface area contributed by atoms with E-state index in [1.54, 1.807) is 4.90 Å². The molecule has 0 radical (unpaired) electrons. The molecular formula is C15H26N2O4. The monoisotopic (exact) mass is 298 g/mol. The van der Waals surface area contributed by atoms with Gasteiger partial charge in [0, 0.05) is 19.6 Å². The van der Waals surface area contributed by atoms with Gasteiger partial charge < -0.3 is 19.6 Å². The Morgan fingerprint density at radius 1 is 1.14 bits per heavy atom. The summed E-state index contributed by atoms with van der Waals surface area (Å²) in [5, 5.41) is 9.00. The Bertz CT molecular complexity index is 385. The highest BCUT2D eigenvalue weighted by molar-refractivity contribution is 5.77. The molecule has 0 aromatic rings. The van der Waals surface area contributed by atoms with Gasteiger partial charge in [-0.15, -0.1) is 0 Å². The van der Waals surface area contributed by atoms with E-state index in [1.807, 2.05) is 4.90 Å². The summed E-state index contributed by atoms with van der Waals surface area (Å²) < 4.78 is 5.16. The molecule has 2 heterocycles. The van der Waals surface area contributed by atoms with Gasteiger partial charge in [-0.2, -0.15) is 0 Å². The lowest BCUT2D eigenvalue weighted by Gasteiger charge is -2.43. The van der Waals surface area contributed by atoms with Gasteiger partial charge in [0.25, 0.3) is 0 Å². The highest BCUT2D eigenvalue weighted by atomic mass is 16.5. The molecule has 2 amide bonds. The fraction of sp³-hybridized carbons (Fsp3) is 0.867. The first-order chi connectivity index (χ1) is 10.0. The Hall–Kier alpha value is -1.30. The van der Waals surface area contributed by atoms with E-state index in [0.717, 1.165) is 38.8 Å². The number of carbonyl (C=O) groups is 2. The molecule has 2 aliphatic rings. The van der Waals surface area contributed by atoms with Crippen LogP contribution in [0.4, 0.5) is 4.79 Å². The Morgan fingerprint density at radius 3 is 2.29 bits per heavy atom. The van der Waals surface area contributed by atoms with Crippen molar-refractivity contribution in [1.82, 2.24) is 9.80 Å². The zero-order chi connectivity index (χ0) is 15.5. The van der Waals surface area contributed by atoms with Crippen LogP contribution in [0.15, 0.2) is 0 Å². The predicted octanol–water partition coefficient (Wildman–Crippen LogP) is 1.79. The van der Waals surface area contributed by atoms with Gasteiger partial charge in [-0.05, 0) is 18.3 Å². The van der Waals surface area contributed by atoms with E-state index in [4.69, 9.17) is 9.84 Å². The molecule has 1 N–H and O–H groups in total. The van der Waals surface area contributed by atoms with Crippen LogP contribution >= 0.6 is 0 Å². The Morgan fingerprint density at radius 2 is 1.76 bits per heavy atom.